The molecule has 7 nitrogen and oxygen atoms in total. The quantitative estimate of drug-likeness (QED) is 0.701. The molecule has 4 rings (SSSR count). The highest BCUT2D eigenvalue weighted by Crippen LogP contribution is 2.45. The average molecular weight is 420 g/mol. The zero-order valence-corrected chi connectivity index (χ0v) is 17.1. The van der Waals surface area contributed by atoms with E-state index < -0.39 is 11.8 Å². The molecule has 8 heteroatoms. The molecule has 1 aromatic carbocycles. The molecule has 1 aliphatic carbocycles. The zero-order chi connectivity index (χ0) is 21.4. The number of carbonyl (C=O) groups excluding carboxylic acids is 2. The highest BCUT2D eigenvalue weighted by molar-refractivity contribution is 7.12. The van der Waals surface area contributed by atoms with E-state index in [1.165, 1.54) is 40.6 Å². The van der Waals surface area contributed by atoms with Crippen LogP contribution in [0.3, 0.4) is 0 Å². The second-order valence-corrected chi connectivity index (χ2v) is 8.57. The Morgan fingerprint density at radius 3 is 2.63 bits per heavy atom. The number of aromatic hydroxyl groups is 1. The van der Waals surface area contributed by atoms with Gasteiger partial charge < -0.3 is 10.8 Å². The summed E-state index contributed by atoms with van der Waals surface area (Å²) >= 11 is 1.53. The molecule has 2 aliphatic rings. The van der Waals surface area contributed by atoms with Crippen molar-refractivity contribution in [3.8, 4) is 11.8 Å². The normalized spacial score (nSPS) is 18.9. The fourth-order valence-electron chi connectivity index (χ4n) is 3.89. The van der Waals surface area contributed by atoms with Crippen LogP contribution in [-0.2, 0) is 4.79 Å². The van der Waals surface area contributed by atoms with Gasteiger partial charge in [-0.3, -0.25) is 15.0 Å². The molecule has 1 aliphatic heterocycles. The SMILES string of the molecule is Cc1ccc(C2C(C#N)=C(N)N(NC(=O)c3ccc(O)cc3)C3=C2C(=O)CCC3)s1. The lowest BCUT2D eigenvalue weighted by Gasteiger charge is -2.38. The number of rotatable bonds is 3. The Hall–Kier alpha value is -3.57. The first kappa shape index (κ1) is 19.7. The molecule has 2 aromatic rings. The Kier molecular flexibility index (Phi) is 5.06. The number of nitrogens with zero attached hydrogens (tertiary/aromatic N) is 2. The van der Waals surface area contributed by atoms with Gasteiger partial charge in [-0.15, -0.1) is 11.3 Å². The van der Waals surface area contributed by atoms with Crippen molar-refractivity contribution in [1.29, 1.82) is 5.26 Å². The lowest BCUT2D eigenvalue weighted by Crippen LogP contribution is -2.48. The molecule has 1 amide bonds. The number of nitrogens with one attached hydrogen (secondary N) is 1. The summed E-state index contributed by atoms with van der Waals surface area (Å²) in [6.45, 7) is 1.97. The molecule has 152 valence electrons. The first-order valence-corrected chi connectivity index (χ1v) is 10.3. The van der Waals surface area contributed by atoms with Gasteiger partial charge in [0.25, 0.3) is 5.91 Å². The van der Waals surface area contributed by atoms with Gasteiger partial charge in [0.2, 0.25) is 0 Å². The van der Waals surface area contributed by atoms with Gasteiger partial charge in [0.1, 0.15) is 11.6 Å². The highest BCUT2D eigenvalue weighted by Gasteiger charge is 2.41. The number of ketones is 1. The lowest BCUT2D eigenvalue weighted by atomic mass is 9.79. The number of hydrogen-bond acceptors (Lipinski definition) is 7. The number of hydrogen-bond donors (Lipinski definition) is 3. The van der Waals surface area contributed by atoms with Crippen LogP contribution in [-0.4, -0.2) is 21.8 Å². The third-order valence-electron chi connectivity index (χ3n) is 5.30. The second kappa shape index (κ2) is 7.69. The molecule has 0 fully saturated rings. The van der Waals surface area contributed by atoms with Crippen LogP contribution < -0.4 is 11.2 Å². The monoisotopic (exact) mass is 420 g/mol. The van der Waals surface area contributed by atoms with Crippen molar-refractivity contribution in [3.05, 3.63) is 74.4 Å². The van der Waals surface area contributed by atoms with E-state index in [4.69, 9.17) is 5.73 Å². The second-order valence-electron chi connectivity index (χ2n) is 7.25. The summed E-state index contributed by atoms with van der Waals surface area (Å²) in [6.07, 6.45) is 1.61. The van der Waals surface area contributed by atoms with Crippen molar-refractivity contribution in [3.63, 3.8) is 0 Å². The molecule has 0 saturated heterocycles. The maximum absolute atomic E-state index is 12.9. The van der Waals surface area contributed by atoms with Crippen LogP contribution >= 0.6 is 11.3 Å². The minimum absolute atomic E-state index is 0.0311. The van der Waals surface area contributed by atoms with Crippen molar-refractivity contribution in [2.24, 2.45) is 5.73 Å². The van der Waals surface area contributed by atoms with Gasteiger partial charge >= 0.3 is 0 Å². The number of phenolic OH excluding ortho intramolecular Hbond substituents is 1. The van der Waals surface area contributed by atoms with Crippen molar-refractivity contribution in [2.75, 3.05) is 0 Å². The molecule has 0 bridgehead atoms. The molecule has 1 atom stereocenters. The van der Waals surface area contributed by atoms with Crippen LogP contribution in [0, 0.1) is 18.3 Å². The number of phenols is 1. The third kappa shape index (κ3) is 3.33. The Morgan fingerprint density at radius 1 is 1.27 bits per heavy atom. The molecule has 0 spiro atoms. The molecule has 1 unspecified atom stereocenters. The molecule has 0 saturated carbocycles. The number of thiophene rings is 1. The highest BCUT2D eigenvalue weighted by atomic mass is 32.1. The Morgan fingerprint density at radius 2 is 2.00 bits per heavy atom. The molecule has 2 heterocycles. The number of benzene rings is 1. The summed E-state index contributed by atoms with van der Waals surface area (Å²) < 4.78 is 0. The van der Waals surface area contributed by atoms with Crippen molar-refractivity contribution >= 4 is 23.0 Å². The summed E-state index contributed by atoms with van der Waals surface area (Å²) in [7, 11) is 0. The van der Waals surface area contributed by atoms with Gasteiger partial charge in [0, 0.05) is 27.3 Å². The standard InChI is InChI=1S/C22H20N4O3S/c1-12-5-10-18(30-12)19-15(11-23)21(24)26(16-3-2-4-17(28)20(16)19)25-22(29)13-6-8-14(27)9-7-13/h5-10,19,27H,2-4,24H2,1H3,(H,25,29). The van der Waals surface area contributed by atoms with Crippen LogP contribution in [0.15, 0.2) is 59.1 Å². The van der Waals surface area contributed by atoms with Gasteiger partial charge in [-0.1, -0.05) is 0 Å². The van der Waals surface area contributed by atoms with Crippen molar-refractivity contribution in [1.82, 2.24) is 10.4 Å². The lowest BCUT2D eigenvalue weighted by molar-refractivity contribution is -0.116. The zero-order valence-electron chi connectivity index (χ0n) is 16.3. The molecular weight excluding hydrogens is 400 g/mol. The van der Waals surface area contributed by atoms with E-state index in [0.29, 0.717) is 36.1 Å². The Bertz CT molecular complexity index is 1140. The van der Waals surface area contributed by atoms with Crippen LogP contribution in [0.5, 0.6) is 5.75 Å². The molecule has 1 aromatic heterocycles. The number of Topliss-reactive ketones (excluding diaryl/α,β-unsaturated/α-hetero) is 1. The van der Waals surface area contributed by atoms with E-state index in [1.54, 1.807) is 0 Å². The van der Waals surface area contributed by atoms with Crippen LogP contribution in [0.2, 0.25) is 0 Å². The van der Waals surface area contributed by atoms with E-state index >= 15 is 0 Å². The fourth-order valence-corrected chi connectivity index (χ4v) is 4.88. The van der Waals surface area contributed by atoms with Gasteiger partial charge in [-0.25, -0.2) is 5.01 Å². The third-order valence-corrected chi connectivity index (χ3v) is 6.37. The number of carbonyl (C=O) groups is 2. The summed E-state index contributed by atoms with van der Waals surface area (Å²) in [6, 6.07) is 11.8. The number of nitriles is 1. The number of allylic oxidation sites excluding steroid dienone is 3. The van der Waals surface area contributed by atoms with E-state index in [2.05, 4.69) is 11.5 Å². The fraction of sp³-hybridized carbons (Fsp3) is 0.227. The molecular formula is C22H20N4O3S. The summed E-state index contributed by atoms with van der Waals surface area (Å²) in [5.41, 5.74) is 10.8. The molecule has 0 radical (unpaired) electrons. The number of aryl methyl sites for hydroxylation is 1. The van der Waals surface area contributed by atoms with E-state index in [0.717, 1.165) is 9.75 Å². The first-order valence-electron chi connectivity index (χ1n) is 9.53. The maximum Gasteiger partial charge on any atom is 0.270 e. The van der Waals surface area contributed by atoms with E-state index in [1.807, 2.05) is 19.1 Å². The van der Waals surface area contributed by atoms with Crippen LogP contribution in [0.4, 0.5) is 0 Å². The van der Waals surface area contributed by atoms with Gasteiger partial charge in [-0.05, 0) is 56.2 Å². The van der Waals surface area contributed by atoms with Gasteiger partial charge in [-0.2, -0.15) is 5.26 Å². The Balaban J connectivity index is 1.79. The predicted octanol–water partition coefficient (Wildman–Crippen LogP) is 3.21. The minimum Gasteiger partial charge on any atom is -0.508 e. The minimum atomic E-state index is -0.515. The summed E-state index contributed by atoms with van der Waals surface area (Å²) in [5.74, 6) is -0.831. The average Bonchev–Trinajstić information content (AvgIpc) is 3.16. The Labute approximate surface area is 177 Å². The smallest absolute Gasteiger partial charge is 0.270 e. The van der Waals surface area contributed by atoms with Crippen molar-refractivity contribution < 1.29 is 14.7 Å². The van der Waals surface area contributed by atoms with Gasteiger partial charge in [0.05, 0.1) is 23.3 Å². The largest absolute Gasteiger partial charge is 0.508 e. The molecule has 4 N–H and O–H groups in total. The number of hydrazine groups is 1. The number of amides is 1. The van der Waals surface area contributed by atoms with Gasteiger partial charge in [0.15, 0.2) is 5.78 Å². The first-order chi connectivity index (χ1) is 14.4. The van der Waals surface area contributed by atoms with Crippen molar-refractivity contribution in [2.45, 2.75) is 32.1 Å². The predicted molar refractivity (Wildman–Crippen MR) is 112 cm³/mol. The van der Waals surface area contributed by atoms with Crippen LogP contribution in [0.1, 0.15) is 45.3 Å². The summed E-state index contributed by atoms with van der Waals surface area (Å²) in [4.78, 5) is 27.7. The topological polar surface area (TPSA) is 119 Å². The maximum atomic E-state index is 12.9. The number of nitrogens with two attached hydrogens (primary N) is 1. The summed E-state index contributed by atoms with van der Waals surface area (Å²) in [5, 5.41) is 20.7. The van der Waals surface area contributed by atoms with E-state index in [9.17, 15) is 20.0 Å². The van der Waals surface area contributed by atoms with Crippen LogP contribution in [0.25, 0.3) is 0 Å². The van der Waals surface area contributed by atoms with E-state index in [-0.39, 0.29) is 22.9 Å². The molecule has 30 heavy (non-hydrogen) atoms.